The fourth-order valence-electron chi connectivity index (χ4n) is 9.01. The van der Waals surface area contributed by atoms with Crippen LogP contribution in [-0.2, 0) is 42.1 Å². The van der Waals surface area contributed by atoms with Gasteiger partial charge < -0.3 is 19.1 Å². The number of hydrogen-bond acceptors (Lipinski definition) is 9. The summed E-state index contributed by atoms with van der Waals surface area (Å²) in [5, 5.41) is -0.106. The number of amides is 1. The lowest BCUT2D eigenvalue weighted by molar-refractivity contribution is -0.117. The van der Waals surface area contributed by atoms with Gasteiger partial charge in [0.1, 0.15) is 18.0 Å². The minimum Gasteiger partial charge on any atom is -0.491 e. The molecule has 0 aromatic heterocycles. The van der Waals surface area contributed by atoms with Gasteiger partial charge in [-0.25, -0.2) is 13.1 Å². The topological polar surface area (TPSA) is 101 Å². The summed E-state index contributed by atoms with van der Waals surface area (Å²) < 4.78 is 49.4. The van der Waals surface area contributed by atoms with Gasteiger partial charge >= 0.3 is 0 Å². The molecule has 0 unspecified atom stereocenters. The highest BCUT2D eigenvalue weighted by molar-refractivity contribution is 7.90. The Balaban J connectivity index is 1.58. The summed E-state index contributed by atoms with van der Waals surface area (Å²) in [6, 6.07) is 6.50. The van der Waals surface area contributed by atoms with E-state index in [4.69, 9.17) is 25.8 Å². The Labute approximate surface area is 336 Å². The van der Waals surface area contributed by atoms with Gasteiger partial charge in [-0.05, 0) is 127 Å². The molecule has 1 saturated heterocycles. The number of halogens is 1. The highest BCUT2D eigenvalue weighted by atomic mass is 35.5. The molecule has 2 fully saturated rings. The predicted molar refractivity (Wildman–Crippen MR) is 221 cm³/mol. The molecule has 3 aliphatic heterocycles. The van der Waals surface area contributed by atoms with Gasteiger partial charge in [0.25, 0.3) is 5.91 Å². The Morgan fingerprint density at radius 1 is 1.07 bits per heavy atom. The predicted octanol–water partition coefficient (Wildman–Crippen LogP) is 6.95. The molecule has 1 N–H and O–H groups in total. The van der Waals surface area contributed by atoms with Crippen LogP contribution in [0, 0.1) is 17.8 Å². The minimum absolute atomic E-state index is 0.267. The summed E-state index contributed by atoms with van der Waals surface area (Å²) in [7, 11) is -2.48. The highest BCUT2D eigenvalue weighted by Gasteiger charge is 2.49. The lowest BCUT2D eigenvalue weighted by Gasteiger charge is -2.52. The Kier molecular flexibility index (Phi) is 15.8. The van der Waals surface area contributed by atoms with Crippen LogP contribution in [0.4, 0.5) is 0 Å². The van der Waals surface area contributed by atoms with Crippen LogP contribution in [0.2, 0.25) is 5.02 Å². The Morgan fingerprint density at radius 2 is 1.84 bits per heavy atom. The van der Waals surface area contributed by atoms with Gasteiger partial charge in [-0.1, -0.05) is 36.7 Å². The molecule has 10 nitrogen and oxygen atoms in total. The molecule has 3 heterocycles. The molecule has 12 heteroatoms. The number of carbonyl (C=O) groups excluding carboxylic acids is 1. The van der Waals surface area contributed by atoms with Crippen LogP contribution in [0.15, 0.2) is 53.5 Å². The van der Waals surface area contributed by atoms with Crippen molar-refractivity contribution < 1.29 is 27.4 Å². The van der Waals surface area contributed by atoms with Crippen LogP contribution in [-0.4, -0.2) is 112 Å². The molecule has 1 amide bonds. The van der Waals surface area contributed by atoms with Crippen LogP contribution < -0.4 is 4.72 Å². The Morgan fingerprint density at radius 3 is 2.51 bits per heavy atom. The number of nitrogens with zero attached hydrogens (tertiary/aromatic N) is 3. The quantitative estimate of drug-likeness (QED) is 0.280. The number of sulfonamides is 1. The number of allylic oxidation sites excluding steroid dienone is 3. The van der Waals surface area contributed by atoms with E-state index in [2.05, 4.69) is 52.3 Å². The van der Waals surface area contributed by atoms with E-state index < -0.39 is 26.8 Å². The fraction of sp³-hybridized carbons (Fsp3) is 0.698. The molecule has 1 aromatic carbocycles. The molecule has 4 aliphatic rings. The van der Waals surface area contributed by atoms with Crippen molar-refractivity contribution >= 4 is 27.5 Å². The fourth-order valence-corrected chi connectivity index (χ4v) is 10.9. The number of fused-ring (bicyclic) bond motifs is 3. The molecular formula is C43H67ClN4O6S. The van der Waals surface area contributed by atoms with Gasteiger partial charge in [0.05, 0.1) is 10.9 Å². The van der Waals surface area contributed by atoms with Crippen molar-refractivity contribution in [3.8, 4) is 0 Å². The first-order valence-corrected chi connectivity index (χ1v) is 22.6. The SMILES string of the molecule is CCO[C@]1(CN2CCN(C(C)C)CC2)/C=C/C[C@H](C)[C@@H](CCOC)S(=O)(=O)NC(=O)/C(C)=C/C2=C(\C)OCc3ccc(Cl)cc3CCCCN2C[C@@H]2CC[C@H]21. The normalized spacial score (nSPS) is 32.1. The second kappa shape index (κ2) is 19.8. The van der Waals surface area contributed by atoms with Crippen molar-refractivity contribution in [1.82, 2.24) is 19.4 Å². The highest BCUT2D eigenvalue weighted by Crippen LogP contribution is 2.46. The number of rotatable bonds is 8. The maximum atomic E-state index is 14.0. The van der Waals surface area contributed by atoms with Crippen molar-refractivity contribution in [3.63, 3.8) is 0 Å². The number of piperazine rings is 1. The average Bonchev–Trinajstić information content (AvgIpc) is 3.14. The number of carbonyl (C=O) groups is 1. The van der Waals surface area contributed by atoms with Crippen molar-refractivity contribution in [3.05, 3.63) is 69.6 Å². The lowest BCUT2D eigenvalue weighted by atomic mass is 9.63. The van der Waals surface area contributed by atoms with Gasteiger partial charge in [0, 0.05) is 82.8 Å². The Hall–Kier alpha value is -2.41. The van der Waals surface area contributed by atoms with E-state index in [1.54, 1.807) is 14.0 Å². The maximum Gasteiger partial charge on any atom is 0.260 e. The summed E-state index contributed by atoms with van der Waals surface area (Å²) in [5.41, 5.74) is 2.88. The first-order valence-electron chi connectivity index (χ1n) is 20.6. The van der Waals surface area contributed by atoms with Gasteiger partial charge in [0.2, 0.25) is 10.0 Å². The van der Waals surface area contributed by atoms with Crippen LogP contribution in [0.5, 0.6) is 0 Å². The van der Waals surface area contributed by atoms with Gasteiger partial charge in [-0.2, -0.15) is 0 Å². The van der Waals surface area contributed by atoms with Crippen LogP contribution in [0.1, 0.15) is 91.2 Å². The second-order valence-electron chi connectivity index (χ2n) is 16.5. The summed E-state index contributed by atoms with van der Waals surface area (Å²) >= 11 is 6.42. The second-order valence-corrected chi connectivity index (χ2v) is 18.9. The van der Waals surface area contributed by atoms with Gasteiger partial charge in [-0.3, -0.25) is 14.6 Å². The van der Waals surface area contributed by atoms with Gasteiger partial charge in [0.15, 0.2) is 0 Å². The molecular weight excluding hydrogens is 736 g/mol. The van der Waals surface area contributed by atoms with Crippen LogP contribution >= 0.6 is 11.6 Å². The van der Waals surface area contributed by atoms with Gasteiger partial charge in [-0.15, -0.1) is 0 Å². The number of ether oxygens (including phenoxy) is 3. The summed E-state index contributed by atoms with van der Waals surface area (Å²) in [4.78, 5) is 21.3. The molecule has 1 aliphatic carbocycles. The van der Waals surface area contributed by atoms with E-state index in [1.807, 2.05) is 38.1 Å². The van der Waals surface area contributed by atoms with E-state index >= 15 is 0 Å². The number of aryl methyl sites for hydroxylation is 1. The molecule has 5 rings (SSSR count). The van der Waals surface area contributed by atoms with Crippen molar-refractivity contribution in [1.29, 1.82) is 0 Å². The summed E-state index contributed by atoms with van der Waals surface area (Å²) in [6.07, 6.45) is 12.0. The van der Waals surface area contributed by atoms with E-state index in [0.29, 0.717) is 42.9 Å². The third-order valence-electron chi connectivity index (χ3n) is 12.5. The van der Waals surface area contributed by atoms with Crippen molar-refractivity contribution in [2.24, 2.45) is 17.8 Å². The minimum atomic E-state index is -4.05. The molecule has 0 bridgehead atoms. The Bertz CT molecular complexity index is 1660. The third-order valence-corrected chi connectivity index (χ3v) is 14.7. The van der Waals surface area contributed by atoms with Crippen molar-refractivity contribution in [2.45, 2.75) is 110 Å². The van der Waals surface area contributed by atoms with Crippen LogP contribution in [0.25, 0.3) is 0 Å². The smallest absolute Gasteiger partial charge is 0.260 e. The molecule has 5 atom stereocenters. The zero-order valence-electron chi connectivity index (χ0n) is 34.4. The number of hydrogen-bond donors (Lipinski definition) is 1. The molecule has 1 aromatic rings. The molecule has 0 radical (unpaired) electrons. The van der Waals surface area contributed by atoms with Crippen LogP contribution in [0.3, 0.4) is 0 Å². The van der Waals surface area contributed by atoms with E-state index in [9.17, 15) is 13.2 Å². The maximum absolute atomic E-state index is 14.0. The number of nitrogens with one attached hydrogen (secondary N) is 1. The molecule has 1 saturated carbocycles. The first-order chi connectivity index (χ1) is 26.3. The summed E-state index contributed by atoms with van der Waals surface area (Å²) in [6.45, 7) is 19.8. The largest absolute Gasteiger partial charge is 0.491 e. The summed E-state index contributed by atoms with van der Waals surface area (Å²) in [5.74, 6) is 0.415. The standard InChI is InChI=1S/C43H67ClN4O6S/c1-8-54-43(30-46-21-23-47(24-22-46)31(2)3)19-11-12-32(4)41(18-25-52-7)55(50,51)45-42(49)33(5)26-40-34(6)53-29-37-14-16-38(44)27-35(37)13-9-10-20-48(40)28-36-15-17-39(36)43/h11,14,16,19,26-27,31-32,36,39,41H,8-10,12-13,15,17-18,20-25,28-30H2,1-7H3,(H,45,49)/b19-11+,33-26+,40-34-/t32-,36-,39+,41+,43-/m0/s1. The molecule has 0 spiro atoms. The lowest BCUT2D eigenvalue weighted by Crippen LogP contribution is -2.59. The molecule has 308 valence electrons. The molecule has 55 heavy (non-hydrogen) atoms. The first kappa shape index (κ1) is 43.7. The number of methoxy groups -OCH3 is 1. The monoisotopic (exact) mass is 802 g/mol. The van der Waals surface area contributed by atoms with E-state index in [-0.39, 0.29) is 24.9 Å². The zero-order chi connectivity index (χ0) is 39.8. The number of benzene rings is 1. The van der Waals surface area contributed by atoms with E-state index in [0.717, 1.165) is 94.2 Å². The van der Waals surface area contributed by atoms with Crippen molar-refractivity contribution in [2.75, 3.05) is 66.1 Å². The zero-order valence-corrected chi connectivity index (χ0v) is 36.0. The third kappa shape index (κ3) is 11.2. The average molecular weight is 804 g/mol. The van der Waals surface area contributed by atoms with E-state index in [1.165, 1.54) is 5.56 Å².